The van der Waals surface area contributed by atoms with Crippen LogP contribution in [0.15, 0.2) is 30.9 Å². The number of hydrogen-bond donors (Lipinski definition) is 2. The van der Waals surface area contributed by atoms with Crippen molar-refractivity contribution in [1.29, 1.82) is 0 Å². The number of aliphatic hydroxyl groups excluding tert-OH is 1. The number of aliphatic hydroxyl groups is 1. The maximum atomic E-state index is 11.9. The monoisotopic (exact) mass is 255 g/mol. The average molecular weight is 255 g/mol. The summed E-state index contributed by atoms with van der Waals surface area (Å²) in [6.07, 6.45) is 5.72. The molecule has 0 spiro atoms. The molecule has 0 saturated heterocycles. The Kier molecular flexibility index (Phi) is 4.10. The molecule has 2 aromatic rings. The zero-order chi connectivity index (χ0) is 13.5. The number of anilines is 1. The maximum absolute atomic E-state index is 11.9. The number of amides is 1. The average Bonchev–Trinajstić information content (AvgIpc) is 2.46. The lowest BCUT2D eigenvalue weighted by Gasteiger charge is -2.02. The van der Waals surface area contributed by atoms with Gasteiger partial charge in [0.05, 0.1) is 18.0 Å². The van der Waals surface area contributed by atoms with E-state index in [1.165, 1.54) is 24.8 Å². The second-order valence-corrected chi connectivity index (χ2v) is 3.34. The first-order valence-electron chi connectivity index (χ1n) is 5.29. The van der Waals surface area contributed by atoms with Gasteiger partial charge >= 0.3 is 0 Å². The van der Waals surface area contributed by atoms with E-state index in [1.807, 2.05) is 0 Å². The first kappa shape index (κ1) is 12.6. The highest BCUT2D eigenvalue weighted by molar-refractivity contribution is 6.03. The molecule has 0 aliphatic rings. The Morgan fingerprint density at radius 1 is 1.37 bits per heavy atom. The zero-order valence-electron chi connectivity index (χ0n) is 9.74. The Labute approximate surface area is 108 Å². The molecular weight excluding hydrogens is 246 g/mol. The number of carbonyl (C=O) groups excluding carboxylic acids is 1. The number of aromatic nitrogens is 4. The molecule has 0 radical (unpaired) electrons. The summed E-state index contributed by atoms with van der Waals surface area (Å²) in [7, 11) is 0. The molecule has 0 aromatic carbocycles. The molecule has 0 bridgehead atoms. The van der Waals surface area contributed by atoms with E-state index >= 15 is 0 Å². The SMILES string of the molecule is O=C(Nc1nccnn1)c1cncc(C#CCO)c1. The van der Waals surface area contributed by atoms with Gasteiger partial charge in [0.2, 0.25) is 5.95 Å². The van der Waals surface area contributed by atoms with E-state index < -0.39 is 5.91 Å². The van der Waals surface area contributed by atoms with Gasteiger partial charge in [0.15, 0.2) is 0 Å². The highest BCUT2D eigenvalue weighted by Crippen LogP contribution is 2.04. The van der Waals surface area contributed by atoms with Crippen molar-refractivity contribution in [2.45, 2.75) is 0 Å². The van der Waals surface area contributed by atoms with E-state index in [4.69, 9.17) is 5.11 Å². The van der Waals surface area contributed by atoms with Gasteiger partial charge in [-0.3, -0.25) is 15.1 Å². The summed E-state index contributed by atoms with van der Waals surface area (Å²) in [6, 6.07) is 1.56. The van der Waals surface area contributed by atoms with Gasteiger partial charge in [-0.05, 0) is 6.07 Å². The van der Waals surface area contributed by atoms with Crippen LogP contribution in [0.1, 0.15) is 15.9 Å². The maximum Gasteiger partial charge on any atom is 0.259 e. The minimum absolute atomic E-state index is 0.111. The smallest absolute Gasteiger partial charge is 0.259 e. The van der Waals surface area contributed by atoms with Crippen LogP contribution in [0.5, 0.6) is 0 Å². The van der Waals surface area contributed by atoms with Crippen molar-refractivity contribution in [2.24, 2.45) is 0 Å². The second-order valence-electron chi connectivity index (χ2n) is 3.34. The Morgan fingerprint density at radius 2 is 2.26 bits per heavy atom. The first-order valence-corrected chi connectivity index (χ1v) is 5.29. The summed E-state index contributed by atoms with van der Waals surface area (Å²) in [5.41, 5.74) is 0.853. The van der Waals surface area contributed by atoms with Crippen LogP contribution < -0.4 is 5.32 Å². The van der Waals surface area contributed by atoms with Crippen molar-refractivity contribution in [3.8, 4) is 11.8 Å². The molecule has 94 valence electrons. The van der Waals surface area contributed by atoms with E-state index in [-0.39, 0.29) is 12.6 Å². The number of pyridine rings is 1. The fraction of sp³-hybridized carbons (Fsp3) is 0.0833. The van der Waals surface area contributed by atoms with E-state index in [1.54, 1.807) is 6.07 Å². The van der Waals surface area contributed by atoms with Crippen molar-refractivity contribution in [3.05, 3.63) is 42.0 Å². The van der Waals surface area contributed by atoms with Gasteiger partial charge in [0, 0.05) is 18.0 Å². The first-order chi connectivity index (χ1) is 9.29. The fourth-order valence-corrected chi connectivity index (χ4v) is 1.25. The lowest BCUT2D eigenvalue weighted by Crippen LogP contribution is -2.14. The van der Waals surface area contributed by atoms with Crippen molar-refractivity contribution in [1.82, 2.24) is 20.2 Å². The molecule has 0 unspecified atom stereocenters. The summed E-state index contributed by atoms with van der Waals surface area (Å²) >= 11 is 0. The van der Waals surface area contributed by atoms with E-state index in [0.717, 1.165) is 0 Å². The molecule has 2 aromatic heterocycles. The number of nitrogens with one attached hydrogen (secondary N) is 1. The van der Waals surface area contributed by atoms with Gasteiger partial charge < -0.3 is 5.11 Å². The summed E-state index contributed by atoms with van der Waals surface area (Å²) in [6.45, 7) is -0.250. The number of carbonyl (C=O) groups is 1. The minimum atomic E-state index is -0.409. The third-order valence-corrected chi connectivity index (χ3v) is 2.02. The highest BCUT2D eigenvalue weighted by Gasteiger charge is 2.08. The number of hydrogen-bond acceptors (Lipinski definition) is 6. The summed E-state index contributed by atoms with van der Waals surface area (Å²) in [5.74, 6) is 4.85. The van der Waals surface area contributed by atoms with Crippen LogP contribution in [0.3, 0.4) is 0 Å². The Morgan fingerprint density at radius 3 is 3.00 bits per heavy atom. The van der Waals surface area contributed by atoms with Crippen LogP contribution in [0.4, 0.5) is 5.95 Å². The van der Waals surface area contributed by atoms with Crippen LogP contribution >= 0.6 is 0 Å². The van der Waals surface area contributed by atoms with E-state index in [9.17, 15) is 4.79 Å². The lowest BCUT2D eigenvalue weighted by molar-refractivity contribution is 0.102. The largest absolute Gasteiger partial charge is 0.384 e. The van der Waals surface area contributed by atoms with Crippen molar-refractivity contribution in [3.63, 3.8) is 0 Å². The zero-order valence-corrected chi connectivity index (χ0v) is 9.74. The molecule has 1 amide bonds. The molecule has 7 nitrogen and oxygen atoms in total. The van der Waals surface area contributed by atoms with Crippen LogP contribution in [0.25, 0.3) is 0 Å². The molecule has 2 N–H and O–H groups in total. The molecule has 0 atom stereocenters. The van der Waals surface area contributed by atoms with Gasteiger partial charge in [-0.15, -0.1) is 5.10 Å². The van der Waals surface area contributed by atoms with Gasteiger partial charge in [-0.1, -0.05) is 11.8 Å². The molecule has 2 rings (SSSR count). The third-order valence-electron chi connectivity index (χ3n) is 2.02. The third kappa shape index (κ3) is 3.55. The summed E-state index contributed by atoms with van der Waals surface area (Å²) in [4.78, 5) is 19.6. The topological polar surface area (TPSA) is 101 Å². The molecular formula is C12H9N5O2. The van der Waals surface area contributed by atoms with Crippen LogP contribution in [0, 0.1) is 11.8 Å². The van der Waals surface area contributed by atoms with Crippen molar-refractivity contribution >= 4 is 11.9 Å². The van der Waals surface area contributed by atoms with Gasteiger partial charge in [0.25, 0.3) is 5.91 Å². The highest BCUT2D eigenvalue weighted by atomic mass is 16.2. The Bertz CT molecular complexity index is 633. The predicted molar refractivity (Wildman–Crippen MR) is 66.0 cm³/mol. The van der Waals surface area contributed by atoms with Crippen molar-refractivity contribution < 1.29 is 9.90 Å². The van der Waals surface area contributed by atoms with Gasteiger partial charge in [0.1, 0.15) is 6.61 Å². The summed E-state index contributed by atoms with van der Waals surface area (Å²) < 4.78 is 0. The quantitative estimate of drug-likeness (QED) is 0.724. The minimum Gasteiger partial charge on any atom is -0.384 e. The fourth-order valence-electron chi connectivity index (χ4n) is 1.25. The van der Waals surface area contributed by atoms with Crippen molar-refractivity contribution in [2.75, 3.05) is 11.9 Å². The second kappa shape index (κ2) is 6.18. The Balaban J connectivity index is 2.15. The molecule has 2 heterocycles. The lowest BCUT2D eigenvalue weighted by atomic mass is 10.2. The van der Waals surface area contributed by atoms with E-state index in [0.29, 0.717) is 11.1 Å². The molecule has 0 aliphatic heterocycles. The molecule has 0 fully saturated rings. The normalized spacial score (nSPS) is 9.32. The van der Waals surface area contributed by atoms with Crippen LogP contribution in [-0.2, 0) is 0 Å². The van der Waals surface area contributed by atoms with E-state index in [2.05, 4.69) is 37.3 Å². The molecule has 0 saturated carbocycles. The molecule has 19 heavy (non-hydrogen) atoms. The number of nitrogens with zero attached hydrogens (tertiary/aromatic N) is 4. The summed E-state index contributed by atoms with van der Waals surface area (Å²) in [5, 5.41) is 18.3. The van der Waals surface area contributed by atoms with Crippen LogP contribution in [-0.4, -0.2) is 37.8 Å². The predicted octanol–water partition coefficient (Wildman–Crippen LogP) is -0.137. The van der Waals surface area contributed by atoms with Crippen LogP contribution in [0.2, 0.25) is 0 Å². The Hall–Kier alpha value is -2.85. The number of rotatable bonds is 2. The molecule has 7 heteroatoms. The van der Waals surface area contributed by atoms with Gasteiger partial charge in [-0.2, -0.15) is 5.10 Å². The van der Waals surface area contributed by atoms with Gasteiger partial charge in [-0.25, -0.2) is 4.98 Å². The standard InChI is InChI=1S/C12H9N5O2/c18-5-1-2-9-6-10(8-13-7-9)11(19)16-12-14-3-4-15-17-12/h3-4,6-8,18H,5H2,(H,14,16,17,19). The molecule has 0 aliphatic carbocycles.